The number of methoxy groups -OCH3 is 1. The van der Waals surface area contributed by atoms with Gasteiger partial charge in [0.1, 0.15) is 11.4 Å². The fraction of sp³-hybridized carbons (Fsp3) is 0.238. The van der Waals surface area contributed by atoms with Crippen LogP contribution in [0.2, 0.25) is 0 Å². The first-order chi connectivity index (χ1) is 14.0. The normalized spacial score (nSPS) is 10.6. The van der Waals surface area contributed by atoms with Crippen LogP contribution in [0.15, 0.2) is 54.6 Å². The van der Waals surface area contributed by atoms with E-state index in [4.69, 9.17) is 4.74 Å². The second-order valence-electron chi connectivity index (χ2n) is 6.44. The molecule has 8 heteroatoms. The molecule has 0 saturated heterocycles. The molecule has 3 aromatic rings. The molecule has 0 aliphatic heterocycles. The summed E-state index contributed by atoms with van der Waals surface area (Å²) < 4.78 is 6.70. The third kappa shape index (κ3) is 4.60. The molecule has 8 nitrogen and oxygen atoms in total. The lowest BCUT2D eigenvalue weighted by molar-refractivity contribution is -0.384. The SMILES string of the molecule is CCCCNC(=O)c1cc(-c2cccc(OC)c2)nn1-c1cccc([N+](=O)[O-])c1. The van der Waals surface area contributed by atoms with E-state index in [1.54, 1.807) is 25.3 Å². The molecule has 1 N–H and O–H groups in total. The maximum atomic E-state index is 12.8. The smallest absolute Gasteiger partial charge is 0.271 e. The number of nitro benzene ring substituents is 1. The van der Waals surface area contributed by atoms with Crippen LogP contribution in [0.3, 0.4) is 0 Å². The molecule has 0 atom stereocenters. The Morgan fingerprint density at radius 1 is 1.21 bits per heavy atom. The zero-order chi connectivity index (χ0) is 20.8. The number of carbonyl (C=O) groups is 1. The van der Waals surface area contributed by atoms with Gasteiger partial charge in [-0.2, -0.15) is 5.10 Å². The Bertz CT molecular complexity index is 1030. The number of nitro groups is 1. The van der Waals surface area contributed by atoms with Gasteiger partial charge in [0.15, 0.2) is 0 Å². The van der Waals surface area contributed by atoms with Gasteiger partial charge in [0, 0.05) is 24.2 Å². The van der Waals surface area contributed by atoms with E-state index in [1.165, 1.54) is 16.8 Å². The summed E-state index contributed by atoms with van der Waals surface area (Å²) in [5, 5.41) is 18.6. The molecule has 3 rings (SSSR count). The zero-order valence-corrected chi connectivity index (χ0v) is 16.3. The average molecular weight is 394 g/mol. The van der Waals surface area contributed by atoms with Crippen molar-refractivity contribution in [2.24, 2.45) is 0 Å². The molecule has 0 radical (unpaired) electrons. The molecule has 0 saturated carbocycles. The van der Waals surface area contributed by atoms with Crippen molar-refractivity contribution in [2.75, 3.05) is 13.7 Å². The van der Waals surface area contributed by atoms with Crippen molar-refractivity contribution < 1.29 is 14.5 Å². The fourth-order valence-electron chi connectivity index (χ4n) is 2.87. The number of hydrogen-bond acceptors (Lipinski definition) is 5. The first-order valence-corrected chi connectivity index (χ1v) is 9.31. The molecular formula is C21H22N4O4. The number of hydrogen-bond donors (Lipinski definition) is 1. The largest absolute Gasteiger partial charge is 0.497 e. The van der Waals surface area contributed by atoms with Crippen LogP contribution in [0.4, 0.5) is 5.69 Å². The Hall–Kier alpha value is -3.68. The summed E-state index contributed by atoms with van der Waals surface area (Å²) in [6.07, 6.45) is 1.82. The van der Waals surface area contributed by atoms with Crippen molar-refractivity contribution in [3.05, 3.63) is 70.4 Å². The Balaban J connectivity index is 2.07. The third-order valence-corrected chi connectivity index (χ3v) is 4.41. The maximum Gasteiger partial charge on any atom is 0.271 e. The van der Waals surface area contributed by atoms with Crippen LogP contribution < -0.4 is 10.1 Å². The summed E-state index contributed by atoms with van der Waals surface area (Å²) in [6, 6.07) is 15.1. The van der Waals surface area contributed by atoms with Gasteiger partial charge in [-0.3, -0.25) is 14.9 Å². The van der Waals surface area contributed by atoms with Crippen molar-refractivity contribution in [3.63, 3.8) is 0 Å². The molecule has 0 aliphatic rings. The number of ether oxygens (including phenoxy) is 1. The Morgan fingerprint density at radius 3 is 2.72 bits per heavy atom. The lowest BCUT2D eigenvalue weighted by Gasteiger charge is -2.08. The predicted molar refractivity (Wildman–Crippen MR) is 109 cm³/mol. The number of carbonyl (C=O) groups excluding carboxylic acids is 1. The molecule has 1 heterocycles. The molecule has 29 heavy (non-hydrogen) atoms. The van der Waals surface area contributed by atoms with Gasteiger partial charge in [0.25, 0.3) is 11.6 Å². The first kappa shape index (κ1) is 20.1. The highest BCUT2D eigenvalue weighted by Gasteiger charge is 2.19. The van der Waals surface area contributed by atoms with Crippen LogP contribution in [0.5, 0.6) is 5.75 Å². The molecule has 1 aromatic heterocycles. The summed E-state index contributed by atoms with van der Waals surface area (Å²) in [5.41, 5.74) is 2.01. The predicted octanol–water partition coefficient (Wildman–Crippen LogP) is 3.99. The van der Waals surface area contributed by atoms with E-state index in [0.29, 0.717) is 29.4 Å². The minimum Gasteiger partial charge on any atom is -0.497 e. The van der Waals surface area contributed by atoms with Crippen molar-refractivity contribution in [1.29, 1.82) is 0 Å². The van der Waals surface area contributed by atoms with E-state index in [9.17, 15) is 14.9 Å². The van der Waals surface area contributed by atoms with E-state index >= 15 is 0 Å². The van der Waals surface area contributed by atoms with E-state index in [0.717, 1.165) is 18.4 Å². The van der Waals surface area contributed by atoms with Crippen LogP contribution >= 0.6 is 0 Å². The maximum absolute atomic E-state index is 12.8. The van der Waals surface area contributed by atoms with Gasteiger partial charge in [0.05, 0.1) is 23.4 Å². The number of aromatic nitrogens is 2. The van der Waals surface area contributed by atoms with Crippen LogP contribution in [-0.4, -0.2) is 34.3 Å². The molecular weight excluding hydrogens is 372 g/mol. The second-order valence-corrected chi connectivity index (χ2v) is 6.44. The lowest BCUT2D eigenvalue weighted by Crippen LogP contribution is -2.26. The van der Waals surface area contributed by atoms with Gasteiger partial charge >= 0.3 is 0 Å². The first-order valence-electron chi connectivity index (χ1n) is 9.31. The van der Waals surface area contributed by atoms with Gasteiger partial charge in [-0.15, -0.1) is 0 Å². The number of amides is 1. The fourth-order valence-corrected chi connectivity index (χ4v) is 2.87. The molecule has 150 valence electrons. The van der Waals surface area contributed by atoms with Crippen molar-refractivity contribution in [2.45, 2.75) is 19.8 Å². The van der Waals surface area contributed by atoms with Gasteiger partial charge in [0.2, 0.25) is 0 Å². The van der Waals surface area contributed by atoms with Gasteiger partial charge < -0.3 is 10.1 Å². The molecule has 1 amide bonds. The molecule has 0 spiro atoms. The second kappa shape index (κ2) is 9.01. The zero-order valence-electron chi connectivity index (χ0n) is 16.3. The highest BCUT2D eigenvalue weighted by Crippen LogP contribution is 2.26. The van der Waals surface area contributed by atoms with Crippen molar-refractivity contribution in [3.8, 4) is 22.7 Å². The van der Waals surface area contributed by atoms with Crippen molar-refractivity contribution >= 4 is 11.6 Å². The van der Waals surface area contributed by atoms with E-state index in [1.807, 2.05) is 31.2 Å². The summed E-state index contributed by atoms with van der Waals surface area (Å²) in [5.74, 6) is 0.382. The molecule has 0 aliphatic carbocycles. The molecule has 0 unspecified atom stereocenters. The Labute approximate surface area is 168 Å². The standard InChI is InChI=1S/C21H22N4O4/c1-3-4-11-22-21(26)20-14-19(15-7-5-10-18(12-15)29-2)23-24(20)16-8-6-9-17(13-16)25(27)28/h5-10,12-14H,3-4,11H2,1-2H3,(H,22,26). The highest BCUT2D eigenvalue weighted by molar-refractivity contribution is 5.94. The van der Waals surface area contributed by atoms with Crippen molar-refractivity contribution in [1.82, 2.24) is 15.1 Å². The van der Waals surface area contributed by atoms with E-state index in [2.05, 4.69) is 10.4 Å². The van der Waals surface area contributed by atoms with Crippen LogP contribution in [0, 0.1) is 10.1 Å². The lowest BCUT2D eigenvalue weighted by atomic mass is 10.1. The van der Waals surface area contributed by atoms with Gasteiger partial charge in [-0.1, -0.05) is 31.5 Å². The van der Waals surface area contributed by atoms with E-state index in [-0.39, 0.29) is 11.6 Å². The van der Waals surface area contributed by atoms with Gasteiger partial charge in [-0.05, 0) is 30.7 Å². The van der Waals surface area contributed by atoms with E-state index < -0.39 is 4.92 Å². The molecule has 0 fully saturated rings. The minimum atomic E-state index is -0.475. The summed E-state index contributed by atoms with van der Waals surface area (Å²) in [7, 11) is 1.58. The molecule has 2 aromatic carbocycles. The number of unbranched alkanes of at least 4 members (excludes halogenated alkanes) is 1. The minimum absolute atomic E-state index is 0.0710. The summed E-state index contributed by atoms with van der Waals surface area (Å²) in [4.78, 5) is 23.5. The van der Waals surface area contributed by atoms with Gasteiger partial charge in [-0.25, -0.2) is 4.68 Å². The van der Waals surface area contributed by atoms with Crippen LogP contribution in [-0.2, 0) is 0 Å². The monoisotopic (exact) mass is 394 g/mol. The topological polar surface area (TPSA) is 99.3 Å². The number of non-ortho nitro benzene ring substituents is 1. The summed E-state index contributed by atoms with van der Waals surface area (Å²) in [6.45, 7) is 2.59. The quantitative estimate of drug-likeness (QED) is 0.354. The third-order valence-electron chi connectivity index (χ3n) is 4.41. The Morgan fingerprint density at radius 2 is 2.00 bits per heavy atom. The highest BCUT2D eigenvalue weighted by atomic mass is 16.6. The molecule has 0 bridgehead atoms. The number of nitrogens with zero attached hydrogens (tertiary/aromatic N) is 3. The van der Waals surface area contributed by atoms with Crippen LogP contribution in [0.25, 0.3) is 16.9 Å². The summed E-state index contributed by atoms with van der Waals surface area (Å²) >= 11 is 0. The van der Waals surface area contributed by atoms with Crippen LogP contribution in [0.1, 0.15) is 30.3 Å². The average Bonchev–Trinajstić information content (AvgIpc) is 3.19. The number of nitrogens with one attached hydrogen (secondary N) is 1. The Kier molecular flexibility index (Phi) is 6.23. The number of benzene rings is 2. The number of rotatable bonds is 8.